The fourth-order valence-electron chi connectivity index (χ4n) is 2.59. The molecular formula is C19H16O2. The highest BCUT2D eigenvalue weighted by Crippen LogP contribution is 2.35. The summed E-state index contributed by atoms with van der Waals surface area (Å²) in [5.41, 5.74) is 3.24. The van der Waals surface area contributed by atoms with Gasteiger partial charge in [-0.05, 0) is 28.8 Å². The zero-order chi connectivity index (χ0) is 14.7. The van der Waals surface area contributed by atoms with Gasteiger partial charge in [0, 0.05) is 5.92 Å². The van der Waals surface area contributed by atoms with Gasteiger partial charge in [0.1, 0.15) is 0 Å². The molecule has 2 N–H and O–H groups in total. The third-order valence-corrected chi connectivity index (χ3v) is 3.60. The second kappa shape index (κ2) is 5.71. The predicted octanol–water partition coefficient (Wildman–Crippen LogP) is 4.28. The van der Waals surface area contributed by atoms with Gasteiger partial charge in [0.05, 0.1) is 0 Å². The van der Waals surface area contributed by atoms with E-state index in [0.717, 1.165) is 16.7 Å². The molecular weight excluding hydrogens is 260 g/mol. The van der Waals surface area contributed by atoms with Crippen LogP contribution in [-0.4, -0.2) is 10.2 Å². The van der Waals surface area contributed by atoms with Crippen LogP contribution in [0.2, 0.25) is 0 Å². The van der Waals surface area contributed by atoms with Crippen LogP contribution in [0.5, 0.6) is 11.5 Å². The van der Waals surface area contributed by atoms with E-state index in [4.69, 9.17) is 0 Å². The van der Waals surface area contributed by atoms with Crippen LogP contribution >= 0.6 is 0 Å². The summed E-state index contributed by atoms with van der Waals surface area (Å²) in [6, 6.07) is 25.3. The summed E-state index contributed by atoms with van der Waals surface area (Å²) in [5.74, 6) is -0.165. The minimum absolute atomic E-state index is 0.0268. The molecule has 0 amide bonds. The molecule has 0 spiro atoms. The van der Waals surface area contributed by atoms with E-state index in [1.165, 1.54) is 6.07 Å². The fraction of sp³-hybridized carbons (Fsp3) is 0.0526. The molecule has 0 aliphatic carbocycles. The van der Waals surface area contributed by atoms with Gasteiger partial charge in [-0.25, -0.2) is 0 Å². The summed E-state index contributed by atoms with van der Waals surface area (Å²) in [7, 11) is 0. The Morgan fingerprint density at radius 2 is 1.05 bits per heavy atom. The lowest BCUT2D eigenvalue weighted by atomic mass is 9.85. The summed E-state index contributed by atoms with van der Waals surface area (Å²) in [6.07, 6.45) is 0. The molecule has 0 fully saturated rings. The molecule has 0 saturated carbocycles. The van der Waals surface area contributed by atoms with Gasteiger partial charge < -0.3 is 10.2 Å². The Balaban J connectivity index is 2.14. The van der Waals surface area contributed by atoms with Gasteiger partial charge in [0.25, 0.3) is 0 Å². The highest BCUT2D eigenvalue weighted by atomic mass is 16.3. The van der Waals surface area contributed by atoms with Crippen LogP contribution in [0.25, 0.3) is 0 Å². The first kappa shape index (κ1) is 13.3. The SMILES string of the molecule is Oc1ccc(C(c2ccccc2)c2ccccc2)cc1O. The van der Waals surface area contributed by atoms with Gasteiger partial charge in [0.2, 0.25) is 0 Å². The Labute approximate surface area is 123 Å². The maximum absolute atomic E-state index is 9.79. The monoisotopic (exact) mass is 276 g/mol. The molecule has 0 aliphatic rings. The molecule has 3 aromatic carbocycles. The van der Waals surface area contributed by atoms with Crippen molar-refractivity contribution in [3.05, 3.63) is 95.6 Å². The lowest BCUT2D eigenvalue weighted by Gasteiger charge is -2.19. The first-order valence-corrected chi connectivity index (χ1v) is 6.87. The van der Waals surface area contributed by atoms with Crippen LogP contribution < -0.4 is 0 Å². The van der Waals surface area contributed by atoms with Gasteiger partial charge in [-0.1, -0.05) is 66.7 Å². The second-order valence-corrected chi connectivity index (χ2v) is 5.00. The molecule has 0 atom stereocenters. The minimum atomic E-state index is -0.0985. The number of aromatic hydroxyl groups is 2. The third-order valence-electron chi connectivity index (χ3n) is 3.60. The Bertz CT molecular complexity index is 682. The molecule has 0 bridgehead atoms. The van der Waals surface area contributed by atoms with Crippen molar-refractivity contribution in [1.29, 1.82) is 0 Å². The average Bonchev–Trinajstić information content (AvgIpc) is 2.53. The molecule has 0 radical (unpaired) electrons. The van der Waals surface area contributed by atoms with Gasteiger partial charge in [-0.3, -0.25) is 0 Å². The summed E-state index contributed by atoms with van der Waals surface area (Å²) in [6.45, 7) is 0. The Kier molecular flexibility index (Phi) is 3.61. The standard InChI is InChI=1S/C19H16O2/c20-17-12-11-16(13-18(17)21)19(14-7-3-1-4-8-14)15-9-5-2-6-10-15/h1-13,19-21H. The van der Waals surface area contributed by atoms with E-state index in [1.807, 2.05) is 42.5 Å². The van der Waals surface area contributed by atoms with Crippen LogP contribution in [0.3, 0.4) is 0 Å². The van der Waals surface area contributed by atoms with Gasteiger partial charge in [-0.15, -0.1) is 0 Å². The van der Waals surface area contributed by atoms with Crippen LogP contribution in [-0.2, 0) is 0 Å². The van der Waals surface area contributed by atoms with E-state index >= 15 is 0 Å². The highest BCUT2D eigenvalue weighted by molar-refractivity contribution is 5.48. The molecule has 0 aromatic heterocycles. The quantitative estimate of drug-likeness (QED) is 0.554. The molecule has 0 saturated heterocycles. The summed E-state index contributed by atoms with van der Waals surface area (Å²) in [5, 5.41) is 19.3. The highest BCUT2D eigenvalue weighted by Gasteiger charge is 2.17. The number of hydrogen-bond donors (Lipinski definition) is 2. The first-order valence-electron chi connectivity index (χ1n) is 6.87. The van der Waals surface area contributed by atoms with E-state index in [-0.39, 0.29) is 17.4 Å². The lowest BCUT2D eigenvalue weighted by Crippen LogP contribution is -2.02. The summed E-state index contributed by atoms with van der Waals surface area (Å²) in [4.78, 5) is 0. The smallest absolute Gasteiger partial charge is 0.157 e. The fourth-order valence-corrected chi connectivity index (χ4v) is 2.59. The molecule has 3 rings (SSSR count). The number of phenolic OH excluding ortho intramolecular Hbond substituents is 2. The van der Waals surface area contributed by atoms with Crippen molar-refractivity contribution < 1.29 is 10.2 Å². The van der Waals surface area contributed by atoms with Crippen molar-refractivity contribution in [2.75, 3.05) is 0 Å². The molecule has 3 aromatic rings. The largest absolute Gasteiger partial charge is 0.504 e. The normalized spacial score (nSPS) is 10.7. The number of benzene rings is 3. The van der Waals surface area contributed by atoms with E-state index in [2.05, 4.69) is 24.3 Å². The van der Waals surface area contributed by atoms with Crippen LogP contribution in [0, 0.1) is 0 Å². The molecule has 0 unspecified atom stereocenters. The van der Waals surface area contributed by atoms with Crippen LogP contribution in [0.15, 0.2) is 78.9 Å². The Hall–Kier alpha value is -2.74. The molecule has 2 heteroatoms. The van der Waals surface area contributed by atoms with Gasteiger partial charge in [-0.2, -0.15) is 0 Å². The van der Waals surface area contributed by atoms with Crippen molar-refractivity contribution in [3.8, 4) is 11.5 Å². The zero-order valence-corrected chi connectivity index (χ0v) is 11.5. The molecule has 104 valence electrons. The van der Waals surface area contributed by atoms with Crippen LogP contribution in [0.4, 0.5) is 0 Å². The molecule has 0 heterocycles. The topological polar surface area (TPSA) is 40.5 Å². The van der Waals surface area contributed by atoms with E-state index < -0.39 is 0 Å². The van der Waals surface area contributed by atoms with Crippen molar-refractivity contribution in [2.45, 2.75) is 5.92 Å². The molecule has 21 heavy (non-hydrogen) atoms. The van der Waals surface area contributed by atoms with Crippen molar-refractivity contribution >= 4 is 0 Å². The Morgan fingerprint density at radius 1 is 0.524 bits per heavy atom. The number of phenols is 2. The Morgan fingerprint density at radius 3 is 1.52 bits per heavy atom. The van der Waals surface area contributed by atoms with E-state index in [0.29, 0.717) is 0 Å². The second-order valence-electron chi connectivity index (χ2n) is 5.00. The van der Waals surface area contributed by atoms with E-state index in [1.54, 1.807) is 6.07 Å². The summed E-state index contributed by atoms with van der Waals surface area (Å²) < 4.78 is 0. The average molecular weight is 276 g/mol. The van der Waals surface area contributed by atoms with Crippen molar-refractivity contribution in [1.82, 2.24) is 0 Å². The van der Waals surface area contributed by atoms with E-state index in [9.17, 15) is 10.2 Å². The van der Waals surface area contributed by atoms with Crippen molar-refractivity contribution in [2.24, 2.45) is 0 Å². The molecule has 0 aliphatic heterocycles. The number of hydrogen-bond acceptors (Lipinski definition) is 2. The predicted molar refractivity (Wildman–Crippen MR) is 83.6 cm³/mol. The lowest BCUT2D eigenvalue weighted by molar-refractivity contribution is 0.403. The third kappa shape index (κ3) is 2.75. The first-order chi connectivity index (χ1) is 10.3. The maximum Gasteiger partial charge on any atom is 0.157 e. The summed E-state index contributed by atoms with van der Waals surface area (Å²) >= 11 is 0. The zero-order valence-electron chi connectivity index (χ0n) is 11.5. The van der Waals surface area contributed by atoms with Gasteiger partial charge in [0.15, 0.2) is 11.5 Å². The van der Waals surface area contributed by atoms with Crippen LogP contribution in [0.1, 0.15) is 22.6 Å². The van der Waals surface area contributed by atoms with Gasteiger partial charge >= 0.3 is 0 Å². The molecule has 2 nitrogen and oxygen atoms in total. The minimum Gasteiger partial charge on any atom is -0.504 e. The van der Waals surface area contributed by atoms with Crippen molar-refractivity contribution in [3.63, 3.8) is 0 Å². The number of rotatable bonds is 3. The maximum atomic E-state index is 9.79.